The monoisotopic (exact) mass is 212 g/mol. The van der Waals surface area contributed by atoms with Crippen LogP contribution in [-0.2, 0) is 0 Å². The molecule has 0 atom stereocenters. The highest BCUT2D eigenvalue weighted by Crippen LogP contribution is 2.13. The van der Waals surface area contributed by atoms with Crippen LogP contribution in [0.1, 0.15) is 0 Å². The number of fused-ring (bicyclic) bond motifs is 1. The van der Waals surface area contributed by atoms with Gasteiger partial charge in [-0.15, -0.1) is 0 Å². The van der Waals surface area contributed by atoms with Crippen molar-refractivity contribution in [3.8, 4) is 0 Å². The van der Waals surface area contributed by atoms with Gasteiger partial charge in [-0.2, -0.15) is 0 Å². The number of rotatable bonds is 0. The van der Waals surface area contributed by atoms with Crippen LogP contribution >= 0.6 is 11.6 Å². The quantitative estimate of drug-likeness (QED) is 0.455. The molecule has 0 saturated heterocycles. The number of hydrogen-bond donors (Lipinski definition) is 0. The Morgan fingerprint density at radius 3 is 2.93 bits per heavy atom. The van der Waals surface area contributed by atoms with Crippen LogP contribution < -0.4 is 10.5 Å². The molecular weight excluding hydrogens is 210 g/mol. The number of nitrogens with zero attached hydrogens (tertiary/aromatic N) is 3. The zero-order valence-electron chi connectivity index (χ0n) is 6.68. The largest absolute Gasteiger partial charge is 0.802 e. The third-order valence-electron chi connectivity index (χ3n) is 1.71. The predicted molar refractivity (Wildman–Crippen MR) is 48.7 cm³/mol. The van der Waals surface area contributed by atoms with E-state index in [1.54, 1.807) is 0 Å². The zero-order chi connectivity index (χ0) is 10.3. The molecule has 0 bridgehead atoms. The molecule has 2 rings (SSSR count). The lowest BCUT2D eigenvalue weighted by molar-refractivity contribution is -0.644. The normalized spacial score (nSPS) is 10.6. The highest BCUT2D eigenvalue weighted by atomic mass is 35.5. The molecule has 6 nitrogen and oxygen atoms in total. The third kappa shape index (κ3) is 1.16. The first kappa shape index (κ1) is 8.76. The van der Waals surface area contributed by atoms with Crippen molar-refractivity contribution in [3.63, 3.8) is 0 Å². The SMILES string of the molecule is O=c1n[n+]([O-])c2cc(Cl)ccc2n1[O-]. The van der Waals surface area contributed by atoms with E-state index in [1.165, 1.54) is 18.2 Å². The fraction of sp³-hybridized carbons (Fsp3) is 0. The number of halogens is 1. The Morgan fingerprint density at radius 1 is 1.50 bits per heavy atom. The molecule has 0 spiro atoms. The number of aromatic nitrogens is 3. The van der Waals surface area contributed by atoms with E-state index in [1.807, 2.05) is 0 Å². The zero-order valence-corrected chi connectivity index (χ0v) is 7.43. The van der Waals surface area contributed by atoms with Gasteiger partial charge in [0.25, 0.3) is 5.52 Å². The maximum absolute atomic E-state index is 11.1. The minimum Gasteiger partial charge on any atom is -0.802 e. The second kappa shape index (κ2) is 2.85. The van der Waals surface area contributed by atoms with E-state index in [-0.39, 0.29) is 20.6 Å². The molecule has 1 heterocycles. The molecule has 1 aromatic carbocycles. The summed E-state index contributed by atoms with van der Waals surface area (Å²) in [6.07, 6.45) is 0. The summed E-state index contributed by atoms with van der Waals surface area (Å²) in [5.74, 6) is 0. The molecule has 0 aliphatic carbocycles. The Kier molecular flexibility index (Phi) is 1.78. The summed E-state index contributed by atoms with van der Waals surface area (Å²) in [7, 11) is 0. The summed E-state index contributed by atoms with van der Waals surface area (Å²) in [6.45, 7) is 0. The molecule has 0 saturated carbocycles. The van der Waals surface area contributed by atoms with Crippen LogP contribution in [0, 0.1) is 10.4 Å². The van der Waals surface area contributed by atoms with Crippen LogP contribution in [0.15, 0.2) is 23.0 Å². The van der Waals surface area contributed by atoms with Crippen LogP contribution in [0.25, 0.3) is 11.0 Å². The molecule has 0 aliphatic heterocycles. The van der Waals surface area contributed by atoms with Crippen molar-refractivity contribution >= 4 is 22.6 Å². The second-order valence-electron chi connectivity index (χ2n) is 2.58. The Balaban J connectivity index is 3.02. The molecule has 0 unspecified atom stereocenters. The van der Waals surface area contributed by atoms with Crippen LogP contribution in [0.4, 0.5) is 0 Å². The lowest BCUT2D eigenvalue weighted by Crippen LogP contribution is -2.41. The van der Waals surface area contributed by atoms with Crippen molar-refractivity contribution in [2.75, 3.05) is 0 Å². The molecule has 14 heavy (non-hydrogen) atoms. The Hall–Kier alpha value is -1.82. The minimum atomic E-state index is -1.14. The Labute approximate surface area is 82.1 Å². The van der Waals surface area contributed by atoms with Gasteiger partial charge in [0.05, 0.1) is 5.10 Å². The fourth-order valence-electron chi connectivity index (χ4n) is 1.10. The Bertz CT molecular complexity index is 566. The highest BCUT2D eigenvalue weighted by molar-refractivity contribution is 6.31. The molecule has 0 radical (unpaired) electrons. The maximum Gasteiger partial charge on any atom is 0.405 e. The maximum atomic E-state index is 11.1. The van der Waals surface area contributed by atoms with Crippen molar-refractivity contribution in [2.24, 2.45) is 0 Å². The van der Waals surface area contributed by atoms with E-state index < -0.39 is 5.69 Å². The summed E-state index contributed by atoms with van der Waals surface area (Å²) >= 11 is 5.61. The molecule has 0 amide bonds. The standard InChI is InChI=1S/C7H3ClN3O3/c8-4-1-2-5-6(3-4)11(14)9-7(12)10(5)13/h1-3H/q-1. The summed E-state index contributed by atoms with van der Waals surface area (Å²) in [4.78, 5) is 10.9. The van der Waals surface area contributed by atoms with Gasteiger partial charge in [-0.1, -0.05) is 11.6 Å². The number of benzene rings is 1. The molecule has 0 fully saturated rings. The summed E-state index contributed by atoms with van der Waals surface area (Å²) in [6, 6.07) is 3.98. The van der Waals surface area contributed by atoms with E-state index in [0.717, 1.165) is 0 Å². The van der Waals surface area contributed by atoms with E-state index in [4.69, 9.17) is 11.6 Å². The second-order valence-corrected chi connectivity index (χ2v) is 3.02. The highest BCUT2D eigenvalue weighted by Gasteiger charge is 2.09. The van der Waals surface area contributed by atoms with Gasteiger partial charge in [0, 0.05) is 11.1 Å². The van der Waals surface area contributed by atoms with Gasteiger partial charge in [-0.3, -0.25) is 0 Å². The van der Waals surface area contributed by atoms with Gasteiger partial charge < -0.3 is 15.1 Å². The van der Waals surface area contributed by atoms with Crippen molar-refractivity contribution in [1.82, 2.24) is 9.83 Å². The smallest absolute Gasteiger partial charge is 0.405 e. The predicted octanol–water partition coefficient (Wildman–Crippen LogP) is 0.0292. The third-order valence-corrected chi connectivity index (χ3v) is 1.95. The molecule has 0 N–H and O–H groups in total. The molecule has 1 aromatic heterocycles. The fourth-order valence-corrected chi connectivity index (χ4v) is 1.26. The first-order valence-corrected chi connectivity index (χ1v) is 3.97. The van der Waals surface area contributed by atoms with Crippen molar-refractivity contribution in [1.29, 1.82) is 0 Å². The molecule has 2 aromatic rings. The molecular formula is C7H3ClN3O3-. The summed E-state index contributed by atoms with van der Waals surface area (Å²) in [5.41, 5.74) is -1.23. The van der Waals surface area contributed by atoms with Gasteiger partial charge >= 0.3 is 5.69 Å². The van der Waals surface area contributed by atoms with E-state index in [0.29, 0.717) is 5.02 Å². The summed E-state index contributed by atoms with van der Waals surface area (Å²) < 4.78 is 0.0417. The van der Waals surface area contributed by atoms with Gasteiger partial charge in [-0.05, 0) is 17.0 Å². The van der Waals surface area contributed by atoms with E-state index >= 15 is 0 Å². The Morgan fingerprint density at radius 2 is 2.21 bits per heavy atom. The topological polar surface area (TPSA) is 84.9 Å². The first-order valence-electron chi connectivity index (χ1n) is 3.59. The van der Waals surface area contributed by atoms with Crippen LogP contribution in [0.5, 0.6) is 0 Å². The lowest BCUT2D eigenvalue weighted by atomic mass is 10.3. The van der Waals surface area contributed by atoms with Crippen molar-refractivity contribution < 1.29 is 4.85 Å². The molecule has 7 heteroatoms. The average Bonchev–Trinajstić information content (AvgIpc) is 2.14. The van der Waals surface area contributed by atoms with Crippen LogP contribution in [0.3, 0.4) is 0 Å². The van der Waals surface area contributed by atoms with Crippen LogP contribution in [-0.4, -0.2) is 9.83 Å². The van der Waals surface area contributed by atoms with Crippen molar-refractivity contribution in [2.45, 2.75) is 0 Å². The van der Waals surface area contributed by atoms with Gasteiger partial charge in [0.15, 0.2) is 0 Å². The minimum absolute atomic E-state index is 0.0351. The summed E-state index contributed by atoms with van der Waals surface area (Å²) in [5, 5.41) is 25.5. The molecule has 0 aliphatic rings. The van der Waals surface area contributed by atoms with E-state index in [2.05, 4.69) is 5.10 Å². The van der Waals surface area contributed by atoms with Crippen molar-refractivity contribution in [3.05, 3.63) is 44.1 Å². The van der Waals surface area contributed by atoms with Gasteiger partial charge in [0.1, 0.15) is 5.52 Å². The molecule has 72 valence electrons. The van der Waals surface area contributed by atoms with Gasteiger partial charge in [-0.25, -0.2) is 4.79 Å². The van der Waals surface area contributed by atoms with Gasteiger partial charge in [0.2, 0.25) is 0 Å². The first-order chi connectivity index (χ1) is 6.59. The average molecular weight is 213 g/mol. The van der Waals surface area contributed by atoms with Crippen LogP contribution in [0.2, 0.25) is 5.02 Å². The lowest BCUT2D eigenvalue weighted by Gasteiger charge is -2.10. The number of hydrogen-bond acceptors (Lipinski definition) is 4. The van der Waals surface area contributed by atoms with E-state index in [9.17, 15) is 15.2 Å².